The van der Waals surface area contributed by atoms with E-state index in [-0.39, 0.29) is 35.8 Å². The van der Waals surface area contributed by atoms with Crippen molar-refractivity contribution in [2.24, 2.45) is 11.5 Å². The maximum Gasteiger partial charge on any atom is 0.296 e. The largest absolute Gasteiger partial charge is 0.391 e. The standard InChI is InChI=1S/C24H33NO3.C16H26O4S.C9H11NO/c25-24-22-13-6-5-12-21(22)18-23(24)28-17-9-16-26-14-7-2-8-15-27-19-20-10-3-1-4-11-20;1-3-4-5-6-12-19-13-7-14-20-21(17,18)16-10-8-15(2)9-11-16;10-9-7-4-2-1-3-6(7)5-8(9)11/h1,3-6,10-13,23-24H,2,7-9,14-19,25H2;8-11H,3-7,12-14H2,1-2H3;1-4,8-9,11H,5,10H2/t23-,24+;;8-,9+/m1.1/s1. The molecule has 0 spiro atoms. The Morgan fingerprint density at radius 3 is 1.73 bits per heavy atom. The van der Waals surface area contributed by atoms with Crippen LogP contribution >= 0.6 is 0 Å². The fourth-order valence-corrected chi connectivity index (χ4v) is 7.98. The molecule has 10 nitrogen and oxygen atoms in total. The molecule has 0 fully saturated rings. The van der Waals surface area contributed by atoms with E-state index in [0.29, 0.717) is 32.7 Å². The summed E-state index contributed by atoms with van der Waals surface area (Å²) in [5.74, 6) is 0. The average Bonchev–Trinajstić information content (AvgIpc) is 3.74. The maximum atomic E-state index is 11.9. The molecule has 60 heavy (non-hydrogen) atoms. The lowest BCUT2D eigenvalue weighted by atomic mass is 10.1. The normalized spacial score (nSPS) is 17.9. The monoisotopic (exact) mass is 846 g/mol. The Labute approximate surface area is 360 Å². The van der Waals surface area contributed by atoms with Crippen LogP contribution in [0.15, 0.2) is 108 Å². The molecule has 6 rings (SSSR count). The van der Waals surface area contributed by atoms with Crippen molar-refractivity contribution in [1.29, 1.82) is 0 Å². The smallest absolute Gasteiger partial charge is 0.296 e. The number of hydrogen-bond donors (Lipinski definition) is 3. The van der Waals surface area contributed by atoms with E-state index in [4.69, 9.17) is 34.6 Å². The third-order valence-electron chi connectivity index (χ3n) is 10.6. The van der Waals surface area contributed by atoms with Crippen molar-refractivity contribution in [3.8, 4) is 0 Å². The fraction of sp³-hybridized carbons (Fsp3) is 0.510. The van der Waals surface area contributed by atoms with Crippen LogP contribution < -0.4 is 11.5 Å². The molecule has 0 bridgehead atoms. The maximum absolute atomic E-state index is 11.9. The second kappa shape index (κ2) is 28.2. The zero-order valence-corrected chi connectivity index (χ0v) is 36.7. The number of benzene rings is 4. The Hall–Kier alpha value is -3.49. The lowest BCUT2D eigenvalue weighted by molar-refractivity contribution is 0.0252. The van der Waals surface area contributed by atoms with Gasteiger partial charge in [-0.2, -0.15) is 8.42 Å². The first-order chi connectivity index (χ1) is 29.2. The van der Waals surface area contributed by atoms with Crippen LogP contribution in [0.4, 0.5) is 0 Å². The van der Waals surface area contributed by atoms with Crippen molar-refractivity contribution < 1.29 is 36.7 Å². The van der Waals surface area contributed by atoms with E-state index < -0.39 is 10.1 Å². The van der Waals surface area contributed by atoms with Crippen molar-refractivity contribution in [2.45, 2.75) is 120 Å². The van der Waals surface area contributed by atoms with Crippen molar-refractivity contribution in [2.75, 3.05) is 46.2 Å². The molecule has 2 aliphatic carbocycles. The van der Waals surface area contributed by atoms with Crippen LogP contribution in [0.2, 0.25) is 0 Å². The molecule has 0 aliphatic heterocycles. The predicted octanol–water partition coefficient (Wildman–Crippen LogP) is 8.71. The van der Waals surface area contributed by atoms with E-state index in [1.54, 1.807) is 24.3 Å². The van der Waals surface area contributed by atoms with Crippen LogP contribution in [-0.2, 0) is 52.7 Å². The molecule has 4 aromatic carbocycles. The summed E-state index contributed by atoms with van der Waals surface area (Å²) in [5.41, 5.74) is 19.1. The summed E-state index contributed by atoms with van der Waals surface area (Å²) in [4.78, 5) is 0.202. The van der Waals surface area contributed by atoms with E-state index in [9.17, 15) is 13.5 Å². The van der Waals surface area contributed by atoms with Gasteiger partial charge in [0.05, 0.1) is 42.4 Å². The van der Waals surface area contributed by atoms with Crippen LogP contribution in [0.1, 0.15) is 110 Å². The molecule has 0 unspecified atom stereocenters. The van der Waals surface area contributed by atoms with E-state index in [0.717, 1.165) is 76.1 Å². The molecule has 0 saturated heterocycles. The van der Waals surface area contributed by atoms with E-state index in [1.165, 1.54) is 41.5 Å². The van der Waals surface area contributed by atoms with Crippen LogP contribution in [0.3, 0.4) is 0 Å². The van der Waals surface area contributed by atoms with Gasteiger partial charge in [0.1, 0.15) is 0 Å². The minimum atomic E-state index is -3.64. The van der Waals surface area contributed by atoms with Crippen molar-refractivity contribution in [3.63, 3.8) is 0 Å². The second-order valence-electron chi connectivity index (χ2n) is 15.5. The molecule has 11 heteroatoms. The number of aryl methyl sites for hydroxylation is 1. The first-order valence-corrected chi connectivity index (χ1v) is 23.3. The lowest BCUT2D eigenvalue weighted by Crippen LogP contribution is -2.25. The van der Waals surface area contributed by atoms with Gasteiger partial charge in [-0.05, 0) is 85.4 Å². The minimum absolute atomic E-state index is 0.00114. The molecule has 0 amide bonds. The molecule has 4 aromatic rings. The third kappa shape index (κ3) is 17.8. The molecular weight excluding hydrogens is 777 g/mol. The number of aliphatic hydroxyl groups is 1. The topological polar surface area (TPSA) is 153 Å². The molecule has 0 aromatic heterocycles. The van der Waals surface area contributed by atoms with Crippen molar-refractivity contribution in [3.05, 3.63) is 137 Å². The summed E-state index contributed by atoms with van der Waals surface area (Å²) in [7, 11) is -3.64. The van der Waals surface area contributed by atoms with Gasteiger partial charge in [-0.25, -0.2) is 0 Å². The SMILES string of the molecule is CCCCCCOCCCOS(=O)(=O)c1ccc(C)cc1.N[C@H]1c2ccccc2C[C@H]1O.N[C@H]1c2ccccc2C[C@H]1OCCCOCCCCCOCc1ccccc1. The highest BCUT2D eigenvalue weighted by Crippen LogP contribution is 2.31. The van der Waals surface area contributed by atoms with Gasteiger partial charge in [-0.15, -0.1) is 0 Å². The van der Waals surface area contributed by atoms with Crippen LogP contribution in [0, 0.1) is 6.92 Å². The second-order valence-corrected chi connectivity index (χ2v) is 17.1. The Morgan fingerprint density at radius 2 is 1.12 bits per heavy atom. The van der Waals surface area contributed by atoms with E-state index in [2.05, 4.69) is 37.3 Å². The first kappa shape index (κ1) is 49.2. The number of unbranched alkanes of at least 4 members (excludes halogenated alkanes) is 5. The third-order valence-corrected chi connectivity index (χ3v) is 11.9. The summed E-state index contributed by atoms with van der Waals surface area (Å²) < 4.78 is 51.6. The Bertz CT molecular complexity index is 1840. The molecule has 0 heterocycles. The molecule has 2 aliphatic rings. The summed E-state index contributed by atoms with van der Waals surface area (Å²) in [6.07, 6.45) is 10.9. The Kier molecular flexibility index (Phi) is 23.1. The highest BCUT2D eigenvalue weighted by atomic mass is 32.2. The number of ether oxygens (including phenoxy) is 4. The van der Waals surface area contributed by atoms with Gasteiger partial charge in [0.15, 0.2) is 0 Å². The van der Waals surface area contributed by atoms with Gasteiger partial charge in [0.25, 0.3) is 10.1 Å². The number of rotatable bonds is 24. The van der Waals surface area contributed by atoms with Gasteiger partial charge in [0.2, 0.25) is 0 Å². The summed E-state index contributed by atoms with van der Waals surface area (Å²) in [6, 6.07) is 33.1. The van der Waals surface area contributed by atoms with Gasteiger partial charge in [0, 0.05) is 52.5 Å². The highest BCUT2D eigenvalue weighted by molar-refractivity contribution is 7.86. The van der Waals surface area contributed by atoms with E-state index >= 15 is 0 Å². The number of hydrogen-bond acceptors (Lipinski definition) is 10. The zero-order valence-electron chi connectivity index (χ0n) is 35.9. The summed E-state index contributed by atoms with van der Waals surface area (Å²) in [6.45, 7) is 9.30. The zero-order chi connectivity index (χ0) is 42.8. The van der Waals surface area contributed by atoms with E-state index in [1.807, 2.05) is 55.5 Å². The van der Waals surface area contributed by atoms with Crippen LogP contribution in [0.5, 0.6) is 0 Å². The summed E-state index contributed by atoms with van der Waals surface area (Å²) >= 11 is 0. The average molecular weight is 847 g/mol. The molecular formula is C49H70N2O8S. The molecule has 0 radical (unpaired) electrons. The van der Waals surface area contributed by atoms with Crippen LogP contribution in [0.25, 0.3) is 0 Å². The van der Waals surface area contributed by atoms with Crippen LogP contribution in [-0.4, -0.2) is 72.0 Å². The predicted molar refractivity (Wildman–Crippen MR) is 239 cm³/mol. The number of fused-ring (bicyclic) bond motifs is 2. The van der Waals surface area contributed by atoms with Gasteiger partial charge in [-0.1, -0.05) is 123 Å². The fourth-order valence-electron chi connectivity index (χ4n) is 7.04. The molecule has 330 valence electrons. The lowest BCUT2D eigenvalue weighted by Gasteiger charge is -2.17. The Morgan fingerprint density at radius 1 is 0.583 bits per heavy atom. The number of aliphatic hydroxyl groups excluding tert-OH is 1. The first-order valence-electron chi connectivity index (χ1n) is 21.9. The summed E-state index contributed by atoms with van der Waals surface area (Å²) in [5, 5.41) is 9.39. The molecule has 4 atom stereocenters. The van der Waals surface area contributed by atoms with Crippen molar-refractivity contribution >= 4 is 10.1 Å². The minimum Gasteiger partial charge on any atom is -0.391 e. The molecule has 0 saturated carbocycles. The Balaban J connectivity index is 0.000000217. The number of nitrogens with two attached hydrogens (primary N) is 2. The molecule has 5 N–H and O–H groups in total. The highest BCUT2D eigenvalue weighted by Gasteiger charge is 2.30. The van der Waals surface area contributed by atoms with Crippen molar-refractivity contribution in [1.82, 2.24) is 0 Å². The quantitative estimate of drug-likeness (QED) is 0.0461. The van der Waals surface area contributed by atoms with Gasteiger partial charge in [-0.3, -0.25) is 4.18 Å². The van der Waals surface area contributed by atoms with Gasteiger partial charge >= 0.3 is 0 Å². The van der Waals surface area contributed by atoms with Gasteiger partial charge < -0.3 is 35.5 Å².